The van der Waals surface area contributed by atoms with Crippen LogP contribution in [0.2, 0.25) is 0 Å². The number of aromatic nitrogens is 2. The van der Waals surface area contributed by atoms with Gasteiger partial charge in [-0.3, -0.25) is 20.0 Å². The minimum Gasteiger partial charge on any atom is -0.479 e. The molecule has 12 heteroatoms. The van der Waals surface area contributed by atoms with Crippen molar-refractivity contribution in [3.8, 4) is 5.75 Å². The Morgan fingerprint density at radius 3 is 2.70 bits per heavy atom. The fourth-order valence-electron chi connectivity index (χ4n) is 2.58. The van der Waals surface area contributed by atoms with Gasteiger partial charge in [0.05, 0.1) is 16.3 Å². The number of aryl methyl sites for hydroxylation is 2. The Labute approximate surface area is 167 Å². The van der Waals surface area contributed by atoms with Crippen LogP contribution in [-0.2, 0) is 12.8 Å². The van der Waals surface area contributed by atoms with E-state index in [9.17, 15) is 28.1 Å². The maximum Gasteiger partial charge on any atom is 0.437 e. The van der Waals surface area contributed by atoms with E-state index in [-0.39, 0.29) is 35.3 Å². The molecular weight excluding hydrogens is 409 g/mol. The van der Waals surface area contributed by atoms with Crippen LogP contribution in [0.1, 0.15) is 33.3 Å². The normalized spacial score (nSPS) is 11.4. The van der Waals surface area contributed by atoms with Crippen LogP contribution in [0.3, 0.4) is 0 Å². The number of rotatable bonds is 6. The molecule has 0 aliphatic rings. The summed E-state index contributed by atoms with van der Waals surface area (Å²) in [6.45, 7) is 2.80. The highest BCUT2D eigenvalue weighted by Gasteiger charge is 2.38. The van der Waals surface area contributed by atoms with Crippen LogP contribution in [0.5, 0.6) is 5.75 Å². The van der Waals surface area contributed by atoms with E-state index >= 15 is 0 Å². The molecule has 3 rings (SSSR count). The smallest absolute Gasteiger partial charge is 0.437 e. The summed E-state index contributed by atoms with van der Waals surface area (Å²) in [6.07, 6.45) is -4.75. The van der Waals surface area contributed by atoms with Crippen molar-refractivity contribution < 1.29 is 32.0 Å². The molecule has 0 radical (unpaired) electrons. The standard InChI is InChI=1S/C18H15F3N4O5/c1-9-3-5-13(12(7-9)25(27)28)29-8-11-4-6-14(30-11)17(26)22-15-10(2)23-24-16(15)18(19,20)21/h3-7H,8H2,1-2H3,(H,22,26)(H,23,24). The molecule has 0 fully saturated rings. The van der Waals surface area contributed by atoms with Crippen molar-refractivity contribution in [2.45, 2.75) is 26.6 Å². The highest BCUT2D eigenvalue weighted by molar-refractivity contribution is 6.03. The number of nitrogens with one attached hydrogen (secondary N) is 2. The van der Waals surface area contributed by atoms with E-state index in [0.29, 0.717) is 5.56 Å². The number of furan rings is 1. The van der Waals surface area contributed by atoms with Crippen LogP contribution in [0.25, 0.3) is 0 Å². The zero-order valence-corrected chi connectivity index (χ0v) is 15.7. The first kappa shape index (κ1) is 20.9. The van der Waals surface area contributed by atoms with E-state index in [1.165, 1.54) is 31.2 Å². The number of nitro groups is 1. The molecule has 0 atom stereocenters. The van der Waals surface area contributed by atoms with Gasteiger partial charge in [-0.2, -0.15) is 18.3 Å². The molecule has 0 saturated carbocycles. The van der Waals surface area contributed by atoms with Gasteiger partial charge in [-0.1, -0.05) is 6.07 Å². The van der Waals surface area contributed by atoms with Crippen molar-refractivity contribution in [3.63, 3.8) is 0 Å². The molecule has 3 aromatic rings. The number of hydrogen-bond acceptors (Lipinski definition) is 6. The van der Waals surface area contributed by atoms with Gasteiger partial charge < -0.3 is 14.5 Å². The number of benzene rings is 1. The van der Waals surface area contributed by atoms with Gasteiger partial charge in [-0.05, 0) is 37.6 Å². The monoisotopic (exact) mass is 424 g/mol. The number of halogens is 3. The molecule has 1 aromatic carbocycles. The minimum absolute atomic E-state index is 0.0110. The number of carbonyl (C=O) groups excluding carboxylic acids is 1. The zero-order valence-electron chi connectivity index (χ0n) is 15.7. The second kappa shape index (κ2) is 7.89. The van der Waals surface area contributed by atoms with Gasteiger partial charge in [-0.15, -0.1) is 0 Å². The van der Waals surface area contributed by atoms with Crippen molar-refractivity contribution in [1.29, 1.82) is 0 Å². The predicted octanol–water partition coefficient (Wildman–Crippen LogP) is 4.38. The van der Waals surface area contributed by atoms with Crippen molar-refractivity contribution in [3.05, 3.63) is 68.9 Å². The Kier molecular flexibility index (Phi) is 5.49. The van der Waals surface area contributed by atoms with E-state index in [4.69, 9.17) is 9.15 Å². The summed E-state index contributed by atoms with van der Waals surface area (Å²) in [5.74, 6) is -1.02. The Bertz CT molecular complexity index is 1100. The first-order valence-electron chi connectivity index (χ1n) is 8.46. The minimum atomic E-state index is -4.75. The van der Waals surface area contributed by atoms with Gasteiger partial charge in [-0.25, -0.2) is 0 Å². The average molecular weight is 424 g/mol. The maximum atomic E-state index is 13.0. The molecule has 2 aromatic heterocycles. The molecule has 30 heavy (non-hydrogen) atoms. The maximum absolute atomic E-state index is 13.0. The zero-order chi connectivity index (χ0) is 22.1. The third kappa shape index (κ3) is 4.42. The SMILES string of the molecule is Cc1ccc(OCc2ccc(C(=O)Nc3c(C(F)(F)F)n[nH]c3C)o2)c([N+](=O)[O-])c1. The van der Waals surface area contributed by atoms with Gasteiger partial charge in [0.2, 0.25) is 0 Å². The predicted molar refractivity (Wildman–Crippen MR) is 97.2 cm³/mol. The lowest BCUT2D eigenvalue weighted by Gasteiger charge is -2.08. The van der Waals surface area contributed by atoms with Gasteiger partial charge >= 0.3 is 11.9 Å². The van der Waals surface area contributed by atoms with E-state index in [1.54, 1.807) is 13.0 Å². The van der Waals surface area contributed by atoms with E-state index in [2.05, 4.69) is 15.5 Å². The summed E-state index contributed by atoms with van der Waals surface area (Å²) < 4.78 is 49.6. The van der Waals surface area contributed by atoms with Crippen molar-refractivity contribution >= 4 is 17.3 Å². The number of carbonyl (C=O) groups is 1. The third-order valence-corrected chi connectivity index (χ3v) is 4.02. The third-order valence-electron chi connectivity index (χ3n) is 4.02. The van der Waals surface area contributed by atoms with Crippen molar-refractivity contribution in [2.24, 2.45) is 0 Å². The quantitative estimate of drug-likeness (QED) is 0.447. The summed E-state index contributed by atoms with van der Waals surface area (Å²) in [6, 6.07) is 7.04. The lowest BCUT2D eigenvalue weighted by Crippen LogP contribution is -2.16. The Morgan fingerprint density at radius 2 is 2.03 bits per heavy atom. The fraction of sp³-hybridized carbons (Fsp3) is 0.222. The van der Waals surface area contributed by atoms with E-state index in [0.717, 1.165) is 0 Å². The van der Waals surface area contributed by atoms with Gasteiger partial charge in [0.1, 0.15) is 12.4 Å². The Balaban J connectivity index is 1.71. The number of aromatic amines is 1. The summed E-state index contributed by atoms with van der Waals surface area (Å²) in [4.78, 5) is 22.8. The first-order valence-corrected chi connectivity index (χ1v) is 8.46. The summed E-state index contributed by atoms with van der Waals surface area (Å²) >= 11 is 0. The highest BCUT2D eigenvalue weighted by atomic mass is 19.4. The number of alkyl halides is 3. The average Bonchev–Trinajstić information content (AvgIpc) is 3.27. The number of amides is 1. The first-order chi connectivity index (χ1) is 14.1. The molecule has 158 valence electrons. The van der Waals surface area contributed by atoms with Crippen LogP contribution in [0.4, 0.5) is 24.5 Å². The van der Waals surface area contributed by atoms with Gasteiger partial charge in [0.15, 0.2) is 17.2 Å². The number of ether oxygens (including phenoxy) is 1. The lowest BCUT2D eigenvalue weighted by molar-refractivity contribution is -0.386. The largest absolute Gasteiger partial charge is 0.479 e. The molecule has 1 amide bonds. The van der Waals surface area contributed by atoms with Gasteiger partial charge in [0, 0.05) is 6.07 Å². The van der Waals surface area contributed by atoms with Crippen LogP contribution >= 0.6 is 0 Å². The molecular formula is C18H15F3N4O5. The van der Waals surface area contributed by atoms with Gasteiger partial charge in [0.25, 0.3) is 5.91 Å². The van der Waals surface area contributed by atoms with E-state index < -0.39 is 28.4 Å². The van der Waals surface area contributed by atoms with Crippen LogP contribution in [0, 0.1) is 24.0 Å². The number of nitro benzene ring substituents is 1. The Morgan fingerprint density at radius 1 is 1.30 bits per heavy atom. The number of H-pyrrole nitrogens is 1. The second-order valence-corrected chi connectivity index (χ2v) is 6.31. The lowest BCUT2D eigenvalue weighted by atomic mass is 10.2. The van der Waals surface area contributed by atoms with Crippen LogP contribution < -0.4 is 10.1 Å². The number of nitrogens with zero attached hydrogens (tertiary/aromatic N) is 2. The summed E-state index contributed by atoms with van der Waals surface area (Å²) in [5.41, 5.74) is -1.28. The van der Waals surface area contributed by atoms with Crippen molar-refractivity contribution in [1.82, 2.24) is 10.2 Å². The molecule has 9 nitrogen and oxygen atoms in total. The highest BCUT2D eigenvalue weighted by Crippen LogP contribution is 2.35. The topological polar surface area (TPSA) is 123 Å². The van der Waals surface area contributed by atoms with E-state index in [1.807, 2.05) is 0 Å². The number of anilines is 1. The van der Waals surface area contributed by atoms with Crippen LogP contribution in [-0.4, -0.2) is 21.0 Å². The summed E-state index contributed by atoms with van der Waals surface area (Å²) in [5, 5.41) is 18.6. The molecule has 2 N–H and O–H groups in total. The molecule has 0 aliphatic heterocycles. The molecule has 0 aliphatic carbocycles. The molecule has 0 spiro atoms. The number of hydrogen-bond donors (Lipinski definition) is 2. The molecule has 0 bridgehead atoms. The Hall–Kier alpha value is -3.83. The molecule has 0 saturated heterocycles. The van der Waals surface area contributed by atoms with Crippen LogP contribution in [0.15, 0.2) is 34.7 Å². The second-order valence-electron chi connectivity index (χ2n) is 6.31. The van der Waals surface area contributed by atoms with Crippen molar-refractivity contribution in [2.75, 3.05) is 5.32 Å². The summed E-state index contributed by atoms with van der Waals surface area (Å²) in [7, 11) is 0. The molecule has 2 heterocycles. The fourth-order valence-corrected chi connectivity index (χ4v) is 2.58. The molecule has 0 unspecified atom stereocenters.